The summed E-state index contributed by atoms with van der Waals surface area (Å²) in [5, 5.41) is 15.4. The molecular weight excluding hydrogens is 460 g/mol. The number of rotatable bonds is 9. The maximum absolute atomic E-state index is 13.2. The first-order valence-electron chi connectivity index (χ1n) is 10.0. The van der Waals surface area contributed by atoms with Crippen molar-refractivity contribution in [3.8, 4) is 11.5 Å². The fourth-order valence-electron chi connectivity index (χ4n) is 3.15. The van der Waals surface area contributed by atoms with E-state index in [4.69, 9.17) is 9.47 Å². The Morgan fingerprint density at radius 1 is 0.941 bits per heavy atom. The first-order chi connectivity index (χ1) is 16.1. The van der Waals surface area contributed by atoms with Gasteiger partial charge in [0.05, 0.1) is 36.7 Å². The van der Waals surface area contributed by atoms with Crippen molar-refractivity contribution in [3.63, 3.8) is 0 Å². The average molecular weight is 485 g/mol. The SMILES string of the molecule is COc1cc(C=NNc2ccc([N+](=O)[O-])cc2S(=O)(=O)Nc2ccc(C)cc2C)cc(OC)c1. The molecule has 0 atom stereocenters. The summed E-state index contributed by atoms with van der Waals surface area (Å²) < 4.78 is 39.3. The van der Waals surface area contributed by atoms with Gasteiger partial charge in [0.1, 0.15) is 16.4 Å². The molecule has 0 aliphatic rings. The van der Waals surface area contributed by atoms with E-state index in [0.717, 1.165) is 11.6 Å². The number of anilines is 2. The van der Waals surface area contributed by atoms with Crippen LogP contribution in [0.25, 0.3) is 0 Å². The van der Waals surface area contributed by atoms with Crippen LogP contribution in [0.4, 0.5) is 17.1 Å². The quantitative estimate of drug-likeness (QED) is 0.260. The normalized spacial score (nSPS) is 11.3. The van der Waals surface area contributed by atoms with Gasteiger partial charge < -0.3 is 9.47 Å². The number of non-ortho nitro benzene ring substituents is 1. The topological polar surface area (TPSA) is 132 Å². The third-order valence-corrected chi connectivity index (χ3v) is 6.27. The van der Waals surface area contributed by atoms with Crippen LogP contribution in [0.2, 0.25) is 0 Å². The highest BCUT2D eigenvalue weighted by Gasteiger charge is 2.23. The molecule has 34 heavy (non-hydrogen) atoms. The van der Waals surface area contributed by atoms with Gasteiger partial charge in [0.2, 0.25) is 0 Å². The standard InChI is InChI=1S/C23H24N4O6S/c1-15-5-7-21(16(2)9-15)26-34(30,31)23-12-18(27(28)29)6-8-22(23)25-24-14-17-10-19(32-3)13-20(11-17)33-4/h5-14,25-26H,1-4H3. The number of hydrazone groups is 1. The Kier molecular flexibility index (Phi) is 7.37. The van der Waals surface area contributed by atoms with Crippen molar-refractivity contribution in [2.24, 2.45) is 5.10 Å². The zero-order chi connectivity index (χ0) is 24.9. The molecule has 11 heteroatoms. The summed E-state index contributed by atoms with van der Waals surface area (Å²) in [5.74, 6) is 1.11. The number of hydrogen-bond donors (Lipinski definition) is 2. The summed E-state index contributed by atoms with van der Waals surface area (Å²) in [5.41, 5.74) is 5.05. The summed E-state index contributed by atoms with van der Waals surface area (Å²) in [4.78, 5) is 10.3. The highest BCUT2D eigenvalue weighted by Crippen LogP contribution is 2.29. The Bertz CT molecular complexity index is 1330. The fraction of sp³-hybridized carbons (Fsp3) is 0.174. The highest BCUT2D eigenvalue weighted by molar-refractivity contribution is 7.92. The number of ether oxygens (including phenoxy) is 2. The molecule has 0 saturated heterocycles. The molecule has 0 amide bonds. The molecule has 0 aliphatic carbocycles. The summed E-state index contributed by atoms with van der Waals surface area (Å²) in [6, 6.07) is 13.8. The van der Waals surface area contributed by atoms with E-state index in [0.29, 0.717) is 28.3 Å². The molecule has 0 aliphatic heterocycles. The molecule has 10 nitrogen and oxygen atoms in total. The van der Waals surface area contributed by atoms with Gasteiger partial charge in [-0.2, -0.15) is 5.10 Å². The first kappa shape index (κ1) is 24.5. The number of nitrogens with one attached hydrogen (secondary N) is 2. The summed E-state index contributed by atoms with van der Waals surface area (Å²) in [6.07, 6.45) is 1.44. The van der Waals surface area contributed by atoms with Crippen molar-refractivity contribution in [2.75, 3.05) is 24.4 Å². The number of nitrogens with zero attached hydrogens (tertiary/aromatic N) is 2. The number of sulfonamides is 1. The largest absolute Gasteiger partial charge is 0.497 e. The molecule has 2 N–H and O–H groups in total. The molecule has 0 fully saturated rings. The van der Waals surface area contributed by atoms with Crippen LogP contribution in [0, 0.1) is 24.0 Å². The summed E-state index contributed by atoms with van der Waals surface area (Å²) in [6.45, 7) is 3.66. The highest BCUT2D eigenvalue weighted by atomic mass is 32.2. The van der Waals surface area contributed by atoms with Gasteiger partial charge in [0, 0.05) is 23.8 Å². The molecule has 0 spiro atoms. The molecule has 0 aromatic heterocycles. The second-order valence-electron chi connectivity index (χ2n) is 7.38. The monoisotopic (exact) mass is 484 g/mol. The van der Waals surface area contributed by atoms with Crippen molar-refractivity contribution in [2.45, 2.75) is 18.7 Å². The van der Waals surface area contributed by atoms with Crippen LogP contribution >= 0.6 is 0 Å². The van der Waals surface area contributed by atoms with Crippen LogP contribution in [0.3, 0.4) is 0 Å². The van der Waals surface area contributed by atoms with E-state index in [-0.39, 0.29) is 16.3 Å². The minimum atomic E-state index is -4.18. The van der Waals surface area contributed by atoms with E-state index >= 15 is 0 Å². The Labute approximate surface area is 197 Å². The molecule has 3 aromatic rings. The lowest BCUT2D eigenvalue weighted by atomic mass is 10.1. The van der Waals surface area contributed by atoms with Gasteiger partial charge in [-0.05, 0) is 43.7 Å². The van der Waals surface area contributed by atoms with Crippen molar-refractivity contribution < 1.29 is 22.8 Å². The number of aryl methyl sites for hydroxylation is 2. The molecule has 0 radical (unpaired) electrons. The molecule has 0 heterocycles. The van der Waals surface area contributed by atoms with Gasteiger partial charge in [-0.15, -0.1) is 0 Å². The fourth-order valence-corrected chi connectivity index (χ4v) is 4.46. The number of benzene rings is 3. The molecule has 3 rings (SSSR count). The second-order valence-corrected chi connectivity index (χ2v) is 9.03. The lowest BCUT2D eigenvalue weighted by molar-refractivity contribution is -0.385. The second kappa shape index (κ2) is 10.2. The first-order valence-corrected chi connectivity index (χ1v) is 11.5. The van der Waals surface area contributed by atoms with Crippen LogP contribution in [-0.4, -0.2) is 33.8 Å². The van der Waals surface area contributed by atoms with Crippen molar-refractivity contribution in [1.82, 2.24) is 0 Å². The zero-order valence-electron chi connectivity index (χ0n) is 19.0. The lowest BCUT2D eigenvalue weighted by Crippen LogP contribution is -2.16. The number of nitro groups is 1. The Morgan fingerprint density at radius 3 is 2.18 bits per heavy atom. The van der Waals surface area contributed by atoms with E-state index in [1.165, 1.54) is 32.6 Å². The molecule has 0 unspecified atom stereocenters. The van der Waals surface area contributed by atoms with E-state index in [1.54, 1.807) is 37.3 Å². The maximum atomic E-state index is 13.2. The third kappa shape index (κ3) is 5.81. The van der Waals surface area contributed by atoms with Gasteiger partial charge in [-0.3, -0.25) is 20.3 Å². The maximum Gasteiger partial charge on any atom is 0.270 e. The lowest BCUT2D eigenvalue weighted by Gasteiger charge is -2.14. The van der Waals surface area contributed by atoms with Gasteiger partial charge in [-0.25, -0.2) is 8.42 Å². The van der Waals surface area contributed by atoms with Crippen molar-refractivity contribution in [1.29, 1.82) is 0 Å². The molecule has 178 valence electrons. The molecule has 3 aromatic carbocycles. The predicted molar refractivity (Wildman–Crippen MR) is 131 cm³/mol. The van der Waals surface area contributed by atoms with Crippen LogP contribution < -0.4 is 19.6 Å². The Hall–Kier alpha value is -4.12. The number of nitro benzene ring substituents is 1. The van der Waals surface area contributed by atoms with E-state index in [9.17, 15) is 18.5 Å². The van der Waals surface area contributed by atoms with Crippen LogP contribution in [0.1, 0.15) is 16.7 Å². The van der Waals surface area contributed by atoms with E-state index < -0.39 is 14.9 Å². The summed E-state index contributed by atoms with van der Waals surface area (Å²) >= 11 is 0. The minimum absolute atomic E-state index is 0.0639. The smallest absolute Gasteiger partial charge is 0.270 e. The van der Waals surface area contributed by atoms with Crippen LogP contribution in [0.15, 0.2) is 64.6 Å². The number of hydrogen-bond acceptors (Lipinski definition) is 8. The third-order valence-electron chi connectivity index (χ3n) is 4.86. The summed E-state index contributed by atoms with van der Waals surface area (Å²) in [7, 11) is -1.15. The van der Waals surface area contributed by atoms with E-state index in [1.807, 2.05) is 13.0 Å². The van der Waals surface area contributed by atoms with Crippen LogP contribution in [0.5, 0.6) is 11.5 Å². The van der Waals surface area contributed by atoms with Crippen LogP contribution in [-0.2, 0) is 10.0 Å². The van der Waals surface area contributed by atoms with Crippen molar-refractivity contribution in [3.05, 3.63) is 81.4 Å². The van der Waals surface area contributed by atoms with Gasteiger partial charge in [-0.1, -0.05) is 17.7 Å². The van der Waals surface area contributed by atoms with E-state index in [2.05, 4.69) is 15.2 Å². The zero-order valence-corrected chi connectivity index (χ0v) is 19.8. The minimum Gasteiger partial charge on any atom is -0.497 e. The molecule has 0 bridgehead atoms. The average Bonchev–Trinajstić information content (AvgIpc) is 2.80. The Morgan fingerprint density at radius 2 is 1.59 bits per heavy atom. The predicted octanol–water partition coefficient (Wildman–Crippen LogP) is 4.48. The number of methoxy groups -OCH3 is 2. The van der Waals surface area contributed by atoms with Gasteiger partial charge >= 0.3 is 0 Å². The molecular formula is C23H24N4O6S. The van der Waals surface area contributed by atoms with Gasteiger partial charge in [0.25, 0.3) is 15.7 Å². The molecule has 0 saturated carbocycles. The Balaban J connectivity index is 1.96. The van der Waals surface area contributed by atoms with Crippen molar-refractivity contribution >= 4 is 33.3 Å². The van der Waals surface area contributed by atoms with Gasteiger partial charge in [0.15, 0.2) is 0 Å².